The van der Waals surface area contributed by atoms with Crippen molar-refractivity contribution >= 4 is 5.91 Å². The van der Waals surface area contributed by atoms with E-state index in [4.69, 9.17) is 10.5 Å². The number of nitrogens with zero attached hydrogens (tertiary/aromatic N) is 1. The zero-order valence-electron chi connectivity index (χ0n) is 13.0. The van der Waals surface area contributed by atoms with Crippen molar-refractivity contribution in [3.05, 3.63) is 65.7 Å². The van der Waals surface area contributed by atoms with Crippen molar-refractivity contribution in [2.45, 2.75) is 19.0 Å². The number of ether oxygens (including phenoxy) is 1. The molecule has 0 heterocycles. The summed E-state index contributed by atoms with van der Waals surface area (Å²) in [6.45, 7) is 0.504. The second-order valence-electron chi connectivity index (χ2n) is 5.28. The molecule has 116 valence electrons. The van der Waals surface area contributed by atoms with Crippen molar-refractivity contribution in [3.8, 4) is 5.75 Å². The summed E-state index contributed by atoms with van der Waals surface area (Å²) in [6.07, 6.45) is 0.287. The first kappa shape index (κ1) is 16.0. The maximum Gasteiger partial charge on any atom is 0.224 e. The molecule has 0 aliphatic rings. The summed E-state index contributed by atoms with van der Waals surface area (Å²) in [5, 5.41) is 0. The minimum Gasteiger partial charge on any atom is -0.496 e. The second kappa shape index (κ2) is 7.61. The maximum atomic E-state index is 12.3. The molecule has 0 aliphatic heterocycles. The molecule has 2 rings (SSSR count). The quantitative estimate of drug-likeness (QED) is 0.892. The van der Waals surface area contributed by atoms with E-state index in [0.717, 1.165) is 16.9 Å². The molecule has 1 unspecified atom stereocenters. The summed E-state index contributed by atoms with van der Waals surface area (Å²) < 4.78 is 5.31. The molecule has 2 aromatic rings. The van der Waals surface area contributed by atoms with Gasteiger partial charge in [0.2, 0.25) is 5.91 Å². The summed E-state index contributed by atoms with van der Waals surface area (Å²) in [6, 6.07) is 17.1. The molecule has 0 fully saturated rings. The fourth-order valence-electron chi connectivity index (χ4n) is 2.34. The molecule has 0 saturated carbocycles. The third-order valence-corrected chi connectivity index (χ3v) is 3.65. The van der Waals surface area contributed by atoms with Crippen LogP contribution in [0.3, 0.4) is 0 Å². The van der Waals surface area contributed by atoms with Gasteiger partial charge in [-0.3, -0.25) is 4.79 Å². The largest absolute Gasteiger partial charge is 0.496 e. The zero-order chi connectivity index (χ0) is 15.9. The number of hydrogen-bond acceptors (Lipinski definition) is 3. The number of para-hydroxylation sites is 1. The van der Waals surface area contributed by atoms with Gasteiger partial charge in [-0.1, -0.05) is 48.5 Å². The van der Waals surface area contributed by atoms with Gasteiger partial charge in [-0.05, 0) is 11.6 Å². The molecule has 0 aromatic heterocycles. The lowest BCUT2D eigenvalue weighted by Gasteiger charge is -2.21. The van der Waals surface area contributed by atoms with Crippen LogP contribution in [-0.2, 0) is 11.3 Å². The predicted octanol–water partition coefficient (Wildman–Crippen LogP) is 2.74. The van der Waals surface area contributed by atoms with Gasteiger partial charge in [0, 0.05) is 31.6 Å². The monoisotopic (exact) mass is 298 g/mol. The number of hydrogen-bond donors (Lipinski definition) is 1. The summed E-state index contributed by atoms with van der Waals surface area (Å²) in [5.74, 6) is 0.803. The Bertz CT molecular complexity index is 613. The highest BCUT2D eigenvalue weighted by Gasteiger charge is 2.16. The minimum atomic E-state index is -0.284. The van der Waals surface area contributed by atoms with E-state index >= 15 is 0 Å². The van der Waals surface area contributed by atoms with Crippen LogP contribution in [0.4, 0.5) is 0 Å². The van der Waals surface area contributed by atoms with Gasteiger partial charge >= 0.3 is 0 Å². The van der Waals surface area contributed by atoms with Gasteiger partial charge in [-0.2, -0.15) is 0 Å². The summed E-state index contributed by atoms with van der Waals surface area (Å²) in [5.41, 5.74) is 8.07. The lowest BCUT2D eigenvalue weighted by atomic mass is 10.0. The van der Waals surface area contributed by atoms with E-state index in [2.05, 4.69) is 0 Å². The van der Waals surface area contributed by atoms with Crippen LogP contribution < -0.4 is 10.5 Å². The van der Waals surface area contributed by atoms with Gasteiger partial charge in [-0.15, -0.1) is 0 Å². The Morgan fingerprint density at radius 1 is 1.14 bits per heavy atom. The molecule has 1 atom stereocenters. The smallest absolute Gasteiger partial charge is 0.224 e. The molecule has 0 bridgehead atoms. The Morgan fingerprint density at radius 3 is 2.45 bits per heavy atom. The molecule has 0 aliphatic carbocycles. The molecule has 0 saturated heterocycles. The lowest BCUT2D eigenvalue weighted by molar-refractivity contribution is -0.130. The van der Waals surface area contributed by atoms with E-state index in [0.29, 0.717) is 6.54 Å². The average molecular weight is 298 g/mol. The standard InChI is InChI=1S/C18H22N2O2/c1-20(13-15-10-6-7-11-17(15)22-2)18(21)12-16(19)14-8-4-3-5-9-14/h3-11,16H,12-13,19H2,1-2H3. The Hall–Kier alpha value is -2.33. The fraction of sp³-hybridized carbons (Fsp3) is 0.278. The molecule has 22 heavy (non-hydrogen) atoms. The van der Waals surface area contributed by atoms with Crippen molar-refractivity contribution in [2.75, 3.05) is 14.2 Å². The maximum absolute atomic E-state index is 12.3. The number of amides is 1. The molecule has 2 aromatic carbocycles. The van der Waals surface area contributed by atoms with Crippen molar-refractivity contribution in [1.82, 2.24) is 4.90 Å². The Balaban J connectivity index is 1.97. The Morgan fingerprint density at radius 2 is 1.77 bits per heavy atom. The van der Waals surface area contributed by atoms with E-state index in [9.17, 15) is 4.79 Å². The lowest BCUT2D eigenvalue weighted by Crippen LogP contribution is -2.29. The second-order valence-corrected chi connectivity index (χ2v) is 5.28. The predicted molar refractivity (Wildman–Crippen MR) is 87.5 cm³/mol. The highest BCUT2D eigenvalue weighted by atomic mass is 16.5. The van der Waals surface area contributed by atoms with Crippen LogP contribution >= 0.6 is 0 Å². The van der Waals surface area contributed by atoms with Crippen LogP contribution in [-0.4, -0.2) is 25.0 Å². The van der Waals surface area contributed by atoms with Gasteiger partial charge in [0.1, 0.15) is 5.75 Å². The van der Waals surface area contributed by atoms with E-state index in [1.54, 1.807) is 19.1 Å². The van der Waals surface area contributed by atoms with Gasteiger partial charge in [0.15, 0.2) is 0 Å². The summed E-state index contributed by atoms with van der Waals surface area (Å²) in [4.78, 5) is 14.0. The molecule has 4 heteroatoms. The minimum absolute atomic E-state index is 0.0160. The molecule has 0 spiro atoms. The van der Waals surface area contributed by atoms with E-state index < -0.39 is 0 Å². The van der Waals surface area contributed by atoms with Crippen LogP contribution in [0.2, 0.25) is 0 Å². The highest BCUT2D eigenvalue weighted by molar-refractivity contribution is 5.76. The van der Waals surface area contributed by atoms with E-state index in [1.165, 1.54) is 0 Å². The first-order valence-electron chi connectivity index (χ1n) is 7.28. The number of methoxy groups -OCH3 is 1. The third kappa shape index (κ3) is 4.09. The topological polar surface area (TPSA) is 55.6 Å². The van der Waals surface area contributed by atoms with Crippen LogP contribution in [0.5, 0.6) is 5.75 Å². The molecule has 0 radical (unpaired) electrons. The van der Waals surface area contributed by atoms with Crippen LogP contribution in [0.1, 0.15) is 23.6 Å². The number of carbonyl (C=O) groups is 1. The van der Waals surface area contributed by atoms with Crippen LogP contribution in [0.15, 0.2) is 54.6 Å². The van der Waals surface area contributed by atoms with Crippen molar-refractivity contribution < 1.29 is 9.53 Å². The molecule has 4 nitrogen and oxygen atoms in total. The van der Waals surface area contributed by atoms with Crippen molar-refractivity contribution in [3.63, 3.8) is 0 Å². The summed E-state index contributed by atoms with van der Waals surface area (Å²) >= 11 is 0. The number of carbonyl (C=O) groups excluding carboxylic acids is 1. The number of benzene rings is 2. The van der Waals surface area contributed by atoms with Gasteiger partial charge in [0.05, 0.1) is 7.11 Å². The van der Waals surface area contributed by atoms with E-state index in [1.807, 2.05) is 54.6 Å². The fourth-order valence-corrected chi connectivity index (χ4v) is 2.34. The van der Waals surface area contributed by atoms with E-state index in [-0.39, 0.29) is 18.4 Å². The van der Waals surface area contributed by atoms with Gasteiger partial charge in [-0.25, -0.2) is 0 Å². The summed E-state index contributed by atoms with van der Waals surface area (Å²) in [7, 11) is 3.42. The third-order valence-electron chi connectivity index (χ3n) is 3.65. The number of rotatable bonds is 6. The van der Waals surface area contributed by atoms with Crippen molar-refractivity contribution in [2.24, 2.45) is 5.73 Å². The van der Waals surface area contributed by atoms with Gasteiger partial charge in [0.25, 0.3) is 0 Å². The molecular weight excluding hydrogens is 276 g/mol. The highest BCUT2D eigenvalue weighted by Crippen LogP contribution is 2.20. The number of nitrogens with two attached hydrogens (primary N) is 1. The normalized spacial score (nSPS) is 11.8. The van der Waals surface area contributed by atoms with Crippen LogP contribution in [0.25, 0.3) is 0 Å². The van der Waals surface area contributed by atoms with Gasteiger partial charge < -0.3 is 15.4 Å². The van der Waals surface area contributed by atoms with Crippen molar-refractivity contribution in [1.29, 1.82) is 0 Å². The Kier molecular flexibility index (Phi) is 5.55. The zero-order valence-corrected chi connectivity index (χ0v) is 13.0. The molecular formula is C18H22N2O2. The molecule has 2 N–H and O–H groups in total. The SMILES string of the molecule is COc1ccccc1CN(C)C(=O)CC(N)c1ccccc1. The Labute approximate surface area is 131 Å². The first-order valence-corrected chi connectivity index (χ1v) is 7.28. The first-order chi connectivity index (χ1) is 10.6. The van der Waals surface area contributed by atoms with Crippen LogP contribution in [0, 0.1) is 0 Å². The molecule has 1 amide bonds. The average Bonchev–Trinajstić information content (AvgIpc) is 2.56.